The maximum atomic E-state index is 15.6. The monoisotopic (exact) mass is 578 g/mol. The molecule has 1 atom stereocenters. The Balaban J connectivity index is 1.50. The first-order valence-electron chi connectivity index (χ1n) is 11.9. The van der Waals surface area contributed by atoms with Crippen molar-refractivity contribution in [1.82, 2.24) is 25.4 Å². The van der Waals surface area contributed by atoms with Crippen molar-refractivity contribution in [2.75, 3.05) is 32.0 Å². The summed E-state index contributed by atoms with van der Waals surface area (Å²) < 4.78 is 92.2. The summed E-state index contributed by atoms with van der Waals surface area (Å²) in [7, 11) is -1.65. The van der Waals surface area contributed by atoms with E-state index in [1.807, 2.05) is 16.7 Å². The predicted octanol–water partition coefficient (Wildman–Crippen LogP) is 3.42. The standard InChI is InChI=1S/C25H22F4N6O4S/c1-35-8-7-13(11-35)31-24(36)23-15-4-3-14(20(28)22(15)32-33-23)19-16(27)5-6-17(21(19)29)34-40(37,38)18-9-12(26)10-30-25(18)39-2/h3-6,9-10,13,34H,7-8,11H2,1-2H3,(H,31,36)(H,32,33)/t13-/m1/s1. The zero-order chi connectivity index (χ0) is 28.8. The first kappa shape index (κ1) is 27.3. The number of aromatic nitrogens is 3. The van der Waals surface area contributed by atoms with Gasteiger partial charge < -0.3 is 15.0 Å². The number of carbonyl (C=O) groups is 1. The number of anilines is 1. The maximum absolute atomic E-state index is 15.6. The highest BCUT2D eigenvalue weighted by Gasteiger charge is 2.28. The van der Waals surface area contributed by atoms with E-state index in [4.69, 9.17) is 4.74 Å². The van der Waals surface area contributed by atoms with E-state index in [-0.39, 0.29) is 22.6 Å². The van der Waals surface area contributed by atoms with Gasteiger partial charge in [0.15, 0.2) is 22.2 Å². The number of nitrogens with one attached hydrogen (secondary N) is 3. The number of pyridine rings is 1. The fraction of sp³-hybridized carbons (Fsp3) is 0.240. The normalized spacial score (nSPS) is 15.9. The second kappa shape index (κ2) is 10.4. The van der Waals surface area contributed by atoms with Crippen molar-refractivity contribution in [3.8, 4) is 17.0 Å². The molecular formula is C25H22F4N6O4S. The number of halogens is 4. The van der Waals surface area contributed by atoms with Crippen LogP contribution in [0.25, 0.3) is 22.0 Å². The molecule has 0 saturated carbocycles. The molecule has 2 aromatic carbocycles. The number of likely N-dealkylation sites (tertiary alicyclic amines) is 1. The van der Waals surface area contributed by atoms with Crippen LogP contribution in [0, 0.1) is 23.3 Å². The minimum atomic E-state index is -4.67. The number of benzene rings is 2. The van der Waals surface area contributed by atoms with Crippen LogP contribution < -0.4 is 14.8 Å². The lowest BCUT2D eigenvalue weighted by Gasteiger charge is -2.14. The van der Waals surface area contributed by atoms with Crippen molar-refractivity contribution in [2.45, 2.75) is 17.4 Å². The molecule has 0 bridgehead atoms. The molecule has 0 unspecified atom stereocenters. The number of carbonyl (C=O) groups excluding carboxylic acids is 1. The van der Waals surface area contributed by atoms with E-state index in [1.165, 1.54) is 6.07 Å². The number of fused-ring (bicyclic) bond motifs is 1. The van der Waals surface area contributed by atoms with Gasteiger partial charge in [0.05, 0.1) is 24.6 Å². The highest BCUT2D eigenvalue weighted by atomic mass is 32.2. The smallest absolute Gasteiger partial charge is 0.272 e. The van der Waals surface area contributed by atoms with E-state index in [1.54, 1.807) is 0 Å². The Hall–Kier alpha value is -4.24. The zero-order valence-corrected chi connectivity index (χ0v) is 21.9. The molecule has 3 heterocycles. The van der Waals surface area contributed by atoms with Gasteiger partial charge in [0.1, 0.15) is 17.2 Å². The van der Waals surface area contributed by atoms with E-state index >= 15 is 8.78 Å². The Morgan fingerprint density at radius 3 is 2.62 bits per heavy atom. The number of ether oxygens (including phenoxy) is 1. The molecule has 0 spiro atoms. The number of nitrogens with zero attached hydrogens (tertiary/aromatic N) is 3. The topological polar surface area (TPSA) is 129 Å². The molecule has 15 heteroatoms. The lowest BCUT2D eigenvalue weighted by atomic mass is 10.0. The molecular weight excluding hydrogens is 556 g/mol. The SMILES string of the molecule is COc1ncc(F)cc1S(=O)(=O)Nc1ccc(F)c(-c2ccc3c(C(=O)N[C@@H]4CCN(C)C4)n[nH]c3c2F)c1F. The Morgan fingerprint density at radius 2 is 1.93 bits per heavy atom. The fourth-order valence-corrected chi connectivity index (χ4v) is 5.75. The van der Waals surface area contributed by atoms with Gasteiger partial charge >= 0.3 is 0 Å². The third-order valence-electron chi connectivity index (χ3n) is 6.49. The van der Waals surface area contributed by atoms with Gasteiger partial charge in [0.25, 0.3) is 15.9 Å². The second-order valence-corrected chi connectivity index (χ2v) is 10.8. The molecule has 0 aliphatic carbocycles. The summed E-state index contributed by atoms with van der Waals surface area (Å²) in [6.07, 6.45) is 1.47. The van der Waals surface area contributed by atoms with Crippen molar-refractivity contribution in [3.05, 3.63) is 65.5 Å². The molecule has 1 amide bonds. The van der Waals surface area contributed by atoms with Crippen LogP contribution in [-0.2, 0) is 10.0 Å². The molecule has 40 heavy (non-hydrogen) atoms. The lowest BCUT2D eigenvalue weighted by molar-refractivity contribution is 0.0935. The number of methoxy groups -OCH3 is 1. The fourth-order valence-electron chi connectivity index (χ4n) is 4.56. The molecule has 2 aromatic heterocycles. The number of hydrogen-bond acceptors (Lipinski definition) is 7. The van der Waals surface area contributed by atoms with E-state index in [9.17, 15) is 22.0 Å². The first-order valence-corrected chi connectivity index (χ1v) is 13.3. The van der Waals surface area contributed by atoms with Crippen molar-refractivity contribution < 1.29 is 35.5 Å². The summed E-state index contributed by atoms with van der Waals surface area (Å²) in [6.45, 7) is 1.46. The zero-order valence-electron chi connectivity index (χ0n) is 21.1. The van der Waals surface area contributed by atoms with Crippen LogP contribution in [0.5, 0.6) is 5.88 Å². The predicted molar refractivity (Wildman–Crippen MR) is 136 cm³/mol. The average Bonchev–Trinajstić information content (AvgIpc) is 3.53. The molecule has 1 aliphatic rings. The van der Waals surface area contributed by atoms with Gasteiger partial charge in [0.2, 0.25) is 5.88 Å². The maximum Gasteiger partial charge on any atom is 0.272 e. The Bertz CT molecular complexity index is 1750. The molecule has 4 aromatic rings. The minimum absolute atomic E-state index is 0.0879. The summed E-state index contributed by atoms with van der Waals surface area (Å²) >= 11 is 0. The van der Waals surface area contributed by atoms with Crippen molar-refractivity contribution in [3.63, 3.8) is 0 Å². The number of likely N-dealkylation sites (N-methyl/N-ethyl adjacent to an activating group) is 1. The van der Waals surface area contributed by atoms with Crippen LogP contribution in [-0.4, -0.2) is 67.7 Å². The van der Waals surface area contributed by atoms with E-state index in [0.717, 1.165) is 44.5 Å². The Kier molecular flexibility index (Phi) is 7.10. The largest absolute Gasteiger partial charge is 0.480 e. The van der Waals surface area contributed by atoms with E-state index in [2.05, 4.69) is 20.5 Å². The number of sulfonamides is 1. The lowest BCUT2D eigenvalue weighted by Crippen LogP contribution is -2.36. The highest BCUT2D eigenvalue weighted by molar-refractivity contribution is 7.92. The van der Waals surface area contributed by atoms with Gasteiger partial charge in [0, 0.05) is 29.6 Å². The van der Waals surface area contributed by atoms with Gasteiger partial charge in [-0.15, -0.1) is 0 Å². The Labute approximate surface area is 225 Å². The molecule has 10 nitrogen and oxygen atoms in total. The van der Waals surface area contributed by atoms with E-state index < -0.39 is 66.8 Å². The van der Waals surface area contributed by atoms with Crippen molar-refractivity contribution >= 4 is 32.5 Å². The minimum Gasteiger partial charge on any atom is -0.480 e. The molecule has 1 saturated heterocycles. The van der Waals surface area contributed by atoms with Crippen LogP contribution in [0.15, 0.2) is 41.4 Å². The van der Waals surface area contributed by atoms with Crippen molar-refractivity contribution in [1.29, 1.82) is 0 Å². The average molecular weight is 579 g/mol. The van der Waals surface area contributed by atoms with Crippen LogP contribution in [0.3, 0.4) is 0 Å². The van der Waals surface area contributed by atoms with Gasteiger partial charge in [-0.3, -0.25) is 14.6 Å². The molecule has 1 fully saturated rings. The van der Waals surface area contributed by atoms with Crippen LogP contribution in [0.1, 0.15) is 16.9 Å². The quantitative estimate of drug-likeness (QED) is 0.287. The number of rotatable bonds is 7. The molecule has 210 valence electrons. The van der Waals surface area contributed by atoms with Gasteiger partial charge in [-0.25, -0.2) is 31.0 Å². The Morgan fingerprint density at radius 1 is 1.15 bits per heavy atom. The second-order valence-electron chi connectivity index (χ2n) is 9.19. The summed E-state index contributed by atoms with van der Waals surface area (Å²) in [5, 5.41) is 9.23. The summed E-state index contributed by atoms with van der Waals surface area (Å²) in [5.41, 5.74) is -2.53. The van der Waals surface area contributed by atoms with Crippen molar-refractivity contribution in [2.24, 2.45) is 0 Å². The van der Waals surface area contributed by atoms with E-state index in [0.29, 0.717) is 12.6 Å². The van der Waals surface area contributed by atoms with Crippen LogP contribution in [0.2, 0.25) is 0 Å². The molecule has 3 N–H and O–H groups in total. The number of aromatic amines is 1. The number of amides is 1. The highest BCUT2D eigenvalue weighted by Crippen LogP contribution is 2.36. The molecule has 1 aliphatic heterocycles. The number of hydrogen-bond donors (Lipinski definition) is 3. The summed E-state index contributed by atoms with van der Waals surface area (Å²) in [4.78, 5) is 17.6. The van der Waals surface area contributed by atoms with Gasteiger partial charge in [-0.1, -0.05) is 6.07 Å². The third-order valence-corrected chi connectivity index (χ3v) is 7.85. The molecule has 5 rings (SSSR count). The summed E-state index contributed by atoms with van der Waals surface area (Å²) in [5.74, 6) is -5.74. The van der Waals surface area contributed by atoms with Crippen LogP contribution >= 0.6 is 0 Å². The summed E-state index contributed by atoms with van der Waals surface area (Å²) in [6, 6.07) is 4.39. The van der Waals surface area contributed by atoms with Crippen LogP contribution in [0.4, 0.5) is 23.2 Å². The van der Waals surface area contributed by atoms with Gasteiger partial charge in [-0.2, -0.15) is 5.10 Å². The first-order chi connectivity index (χ1) is 19.0. The number of H-pyrrole nitrogens is 1. The molecule has 0 radical (unpaired) electrons. The van der Waals surface area contributed by atoms with Gasteiger partial charge in [-0.05, 0) is 38.2 Å². The third kappa shape index (κ3) is 4.93.